The third-order valence-corrected chi connectivity index (χ3v) is 2.84. The molecule has 0 radical (unpaired) electrons. The lowest BCUT2D eigenvalue weighted by Crippen LogP contribution is -2.36. The first kappa shape index (κ1) is 11.7. The van der Waals surface area contributed by atoms with Crippen molar-refractivity contribution in [3.05, 3.63) is 17.8 Å². The molecule has 0 aliphatic heterocycles. The summed E-state index contributed by atoms with van der Waals surface area (Å²) in [6, 6.07) is 2.19. The molecule has 1 fully saturated rings. The molecule has 0 spiro atoms. The van der Waals surface area contributed by atoms with Crippen molar-refractivity contribution in [3.63, 3.8) is 0 Å². The van der Waals surface area contributed by atoms with Crippen molar-refractivity contribution in [1.29, 1.82) is 0 Å². The highest BCUT2D eigenvalue weighted by atomic mass is 16.2. The van der Waals surface area contributed by atoms with Crippen LogP contribution in [0.2, 0.25) is 0 Å². The van der Waals surface area contributed by atoms with Gasteiger partial charge in [-0.2, -0.15) is 0 Å². The van der Waals surface area contributed by atoms with Crippen LogP contribution in [0.25, 0.3) is 0 Å². The maximum Gasteiger partial charge on any atom is 0.239 e. The van der Waals surface area contributed by atoms with Gasteiger partial charge < -0.3 is 16.0 Å². The van der Waals surface area contributed by atoms with Gasteiger partial charge in [0.1, 0.15) is 5.82 Å². The number of nitrogens with zero attached hydrogens (tertiary/aromatic N) is 2. The number of nitrogens with one attached hydrogen (secondary N) is 1. The molecular weight excluding hydrogens is 216 g/mol. The van der Waals surface area contributed by atoms with Crippen LogP contribution in [0.3, 0.4) is 0 Å². The topological polar surface area (TPSA) is 71.2 Å². The lowest BCUT2D eigenvalue weighted by Gasteiger charge is -2.18. The van der Waals surface area contributed by atoms with Gasteiger partial charge >= 0.3 is 0 Å². The fourth-order valence-corrected chi connectivity index (χ4v) is 1.53. The second kappa shape index (κ2) is 4.61. The Morgan fingerprint density at radius 3 is 2.94 bits per heavy atom. The van der Waals surface area contributed by atoms with Crippen LogP contribution < -0.4 is 16.0 Å². The molecule has 5 heteroatoms. The highest BCUT2D eigenvalue weighted by molar-refractivity contribution is 5.81. The predicted molar refractivity (Wildman–Crippen MR) is 67.8 cm³/mol. The first-order chi connectivity index (χ1) is 8.06. The number of aryl methyl sites for hydroxylation is 1. The van der Waals surface area contributed by atoms with Crippen LogP contribution in [0.5, 0.6) is 0 Å². The van der Waals surface area contributed by atoms with Crippen molar-refractivity contribution in [2.24, 2.45) is 0 Å². The van der Waals surface area contributed by atoms with Gasteiger partial charge in [-0.1, -0.05) is 0 Å². The van der Waals surface area contributed by atoms with E-state index in [0.29, 0.717) is 18.3 Å². The van der Waals surface area contributed by atoms with E-state index in [0.717, 1.165) is 24.2 Å². The van der Waals surface area contributed by atoms with Crippen LogP contribution >= 0.6 is 0 Å². The van der Waals surface area contributed by atoms with Crippen molar-refractivity contribution < 1.29 is 4.79 Å². The van der Waals surface area contributed by atoms with Gasteiger partial charge in [-0.05, 0) is 25.3 Å². The number of nitrogen functional groups attached to an aromatic ring is 1. The third kappa shape index (κ3) is 3.09. The van der Waals surface area contributed by atoms with Gasteiger partial charge in [0.2, 0.25) is 5.91 Å². The van der Waals surface area contributed by atoms with E-state index in [1.807, 2.05) is 14.0 Å². The predicted octanol–water partition coefficient (Wildman–Crippen LogP) is 0.687. The zero-order chi connectivity index (χ0) is 12.4. The number of hydrogen-bond acceptors (Lipinski definition) is 4. The molecule has 92 valence electrons. The van der Waals surface area contributed by atoms with Crippen molar-refractivity contribution in [1.82, 2.24) is 10.3 Å². The summed E-state index contributed by atoms with van der Waals surface area (Å²) in [6.07, 6.45) is 3.93. The highest BCUT2D eigenvalue weighted by Crippen LogP contribution is 2.19. The number of aromatic nitrogens is 1. The number of pyridine rings is 1. The summed E-state index contributed by atoms with van der Waals surface area (Å²) in [5, 5.41) is 2.94. The molecule has 0 atom stereocenters. The number of rotatable bonds is 4. The molecule has 17 heavy (non-hydrogen) atoms. The second-order valence-corrected chi connectivity index (χ2v) is 4.60. The van der Waals surface area contributed by atoms with Crippen LogP contribution in [-0.4, -0.2) is 30.5 Å². The highest BCUT2D eigenvalue weighted by Gasteiger charge is 2.23. The maximum atomic E-state index is 11.6. The summed E-state index contributed by atoms with van der Waals surface area (Å²) in [6.45, 7) is 2.22. The Hall–Kier alpha value is -1.78. The Balaban J connectivity index is 1.95. The second-order valence-electron chi connectivity index (χ2n) is 4.60. The van der Waals surface area contributed by atoms with E-state index >= 15 is 0 Å². The van der Waals surface area contributed by atoms with Crippen LogP contribution in [0.15, 0.2) is 12.3 Å². The molecule has 1 aliphatic rings. The number of carbonyl (C=O) groups excluding carboxylic acids is 1. The third-order valence-electron chi connectivity index (χ3n) is 2.84. The summed E-state index contributed by atoms with van der Waals surface area (Å²) < 4.78 is 0. The van der Waals surface area contributed by atoms with Gasteiger partial charge in [0.15, 0.2) is 0 Å². The first-order valence-corrected chi connectivity index (χ1v) is 5.79. The molecule has 0 unspecified atom stereocenters. The van der Waals surface area contributed by atoms with E-state index in [9.17, 15) is 4.79 Å². The van der Waals surface area contributed by atoms with Crippen molar-refractivity contribution in [3.8, 4) is 0 Å². The summed E-state index contributed by atoms with van der Waals surface area (Å²) in [5.74, 6) is 0.759. The van der Waals surface area contributed by atoms with Gasteiger partial charge in [-0.3, -0.25) is 4.79 Å². The van der Waals surface area contributed by atoms with Crippen LogP contribution in [0, 0.1) is 6.92 Å². The van der Waals surface area contributed by atoms with Gasteiger partial charge in [0.05, 0.1) is 6.54 Å². The van der Waals surface area contributed by atoms with Crippen molar-refractivity contribution in [2.45, 2.75) is 25.8 Å². The standard InChI is InChI=1S/C12H18N4O/c1-8-6-14-11(5-10(8)13)16(2)7-12(17)15-9-3-4-9/h5-6,9H,3-4,7H2,1-2H3,(H2,13,14)(H,15,17). The van der Waals surface area contributed by atoms with E-state index in [-0.39, 0.29) is 5.91 Å². The number of likely N-dealkylation sites (N-methyl/N-ethyl adjacent to an activating group) is 1. The molecule has 5 nitrogen and oxygen atoms in total. The minimum absolute atomic E-state index is 0.0379. The Morgan fingerprint density at radius 1 is 1.65 bits per heavy atom. The van der Waals surface area contributed by atoms with Gasteiger partial charge in [-0.15, -0.1) is 0 Å². The van der Waals surface area contributed by atoms with E-state index in [1.165, 1.54) is 0 Å². The molecule has 1 aromatic rings. The molecular formula is C12H18N4O. The monoisotopic (exact) mass is 234 g/mol. The average molecular weight is 234 g/mol. The number of anilines is 2. The quantitative estimate of drug-likeness (QED) is 0.804. The zero-order valence-corrected chi connectivity index (χ0v) is 10.2. The van der Waals surface area contributed by atoms with Gasteiger partial charge in [0.25, 0.3) is 0 Å². The number of nitrogens with two attached hydrogens (primary N) is 1. The minimum Gasteiger partial charge on any atom is -0.398 e. The van der Waals surface area contributed by atoms with Crippen molar-refractivity contribution in [2.75, 3.05) is 24.2 Å². The van der Waals surface area contributed by atoms with E-state index < -0.39 is 0 Å². The Bertz CT molecular complexity index is 429. The smallest absolute Gasteiger partial charge is 0.239 e. The van der Waals surface area contributed by atoms with Crippen molar-refractivity contribution >= 4 is 17.4 Å². The molecule has 1 aromatic heterocycles. The van der Waals surface area contributed by atoms with E-state index in [4.69, 9.17) is 5.73 Å². The average Bonchev–Trinajstić information content (AvgIpc) is 3.05. The van der Waals surface area contributed by atoms with E-state index in [2.05, 4.69) is 10.3 Å². The molecule has 0 saturated heterocycles. The molecule has 0 aromatic carbocycles. The summed E-state index contributed by atoms with van der Waals surface area (Å²) >= 11 is 0. The Morgan fingerprint density at radius 2 is 2.35 bits per heavy atom. The van der Waals surface area contributed by atoms with Crippen LogP contribution in [0.1, 0.15) is 18.4 Å². The molecule has 0 bridgehead atoms. The number of hydrogen-bond donors (Lipinski definition) is 2. The van der Waals surface area contributed by atoms with Gasteiger partial charge in [0, 0.05) is 31.0 Å². The summed E-state index contributed by atoms with van der Waals surface area (Å²) in [7, 11) is 1.84. The normalized spacial score (nSPS) is 14.5. The lowest BCUT2D eigenvalue weighted by atomic mass is 10.2. The maximum absolute atomic E-state index is 11.6. The molecule has 3 N–H and O–H groups in total. The molecule has 1 heterocycles. The fraction of sp³-hybridized carbons (Fsp3) is 0.500. The summed E-state index contributed by atoms with van der Waals surface area (Å²) in [4.78, 5) is 17.7. The number of amides is 1. The Labute approximate surface area is 101 Å². The fourth-order valence-electron chi connectivity index (χ4n) is 1.53. The first-order valence-electron chi connectivity index (χ1n) is 5.79. The number of carbonyl (C=O) groups is 1. The van der Waals surface area contributed by atoms with Crippen LogP contribution in [-0.2, 0) is 4.79 Å². The Kier molecular flexibility index (Phi) is 3.17. The molecule has 1 aliphatic carbocycles. The molecule has 1 amide bonds. The molecule has 2 rings (SSSR count). The SMILES string of the molecule is Cc1cnc(N(C)CC(=O)NC2CC2)cc1N. The largest absolute Gasteiger partial charge is 0.398 e. The van der Waals surface area contributed by atoms with E-state index in [1.54, 1.807) is 17.2 Å². The summed E-state index contributed by atoms with van der Waals surface area (Å²) in [5.41, 5.74) is 7.46. The lowest BCUT2D eigenvalue weighted by molar-refractivity contribution is -0.119. The zero-order valence-electron chi connectivity index (χ0n) is 10.2. The minimum atomic E-state index is 0.0379. The van der Waals surface area contributed by atoms with Crippen LogP contribution in [0.4, 0.5) is 11.5 Å². The van der Waals surface area contributed by atoms with Gasteiger partial charge in [-0.25, -0.2) is 4.98 Å². The molecule has 1 saturated carbocycles.